The molecule has 126 valence electrons. The predicted octanol–water partition coefficient (Wildman–Crippen LogP) is 4.04. The van der Waals surface area contributed by atoms with Crippen molar-refractivity contribution in [1.82, 2.24) is 14.6 Å². The molecule has 0 saturated heterocycles. The Morgan fingerprint density at radius 2 is 2.08 bits per heavy atom. The van der Waals surface area contributed by atoms with Gasteiger partial charge in [-0.15, -0.1) is 11.3 Å². The summed E-state index contributed by atoms with van der Waals surface area (Å²) in [6, 6.07) is 5.51. The summed E-state index contributed by atoms with van der Waals surface area (Å²) in [6.07, 6.45) is -5.04. The fourth-order valence-electron chi connectivity index (χ4n) is 2.10. The van der Waals surface area contributed by atoms with Crippen LogP contribution >= 0.6 is 11.3 Å². The van der Waals surface area contributed by atoms with Gasteiger partial charge in [0, 0.05) is 6.07 Å². The van der Waals surface area contributed by atoms with Crippen LogP contribution in [0.3, 0.4) is 0 Å². The quantitative estimate of drug-likeness (QED) is 0.666. The van der Waals surface area contributed by atoms with Crippen LogP contribution in [-0.2, 0) is 10.9 Å². The Kier molecular flexibility index (Phi) is 4.04. The number of halogens is 3. The Morgan fingerprint density at radius 1 is 1.33 bits per heavy atom. The summed E-state index contributed by atoms with van der Waals surface area (Å²) in [5, 5.41) is 5.46. The average molecular weight is 355 g/mol. The number of nitrogens with zero attached hydrogens (tertiary/aromatic N) is 3. The van der Waals surface area contributed by atoms with Gasteiger partial charge in [-0.1, -0.05) is 6.07 Å². The van der Waals surface area contributed by atoms with Crippen molar-refractivity contribution < 1.29 is 22.7 Å². The maximum atomic E-state index is 13.4. The Bertz CT molecular complexity index is 885. The third-order valence-electron chi connectivity index (χ3n) is 3.04. The number of thiophene rings is 1. The Morgan fingerprint density at radius 3 is 2.67 bits per heavy atom. The van der Waals surface area contributed by atoms with E-state index >= 15 is 0 Å². The van der Waals surface area contributed by atoms with Crippen LogP contribution < -0.4 is 0 Å². The molecule has 0 spiro atoms. The van der Waals surface area contributed by atoms with Gasteiger partial charge in [-0.05, 0) is 31.4 Å². The maximum Gasteiger partial charge on any atom is 0.433 e. The van der Waals surface area contributed by atoms with Crippen molar-refractivity contribution in [3.63, 3.8) is 0 Å². The van der Waals surface area contributed by atoms with Gasteiger partial charge in [-0.2, -0.15) is 18.3 Å². The van der Waals surface area contributed by atoms with Gasteiger partial charge in [-0.25, -0.2) is 14.3 Å². The van der Waals surface area contributed by atoms with Crippen LogP contribution in [0.2, 0.25) is 0 Å². The average Bonchev–Trinajstić information content (AvgIpc) is 3.13. The lowest BCUT2D eigenvalue weighted by molar-refractivity contribution is -0.142. The number of alkyl halides is 3. The largest absolute Gasteiger partial charge is 0.458 e. The molecular formula is C15H12F3N3O2S. The van der Waals surface area contributed by atoms with E-state index in [0.29, 0.717) is 9.39 Å². The topological polar surface area (TPSA) is 56.5 Å². The smallest absolute Gasteiger partial charge is 0.433 e. The number of rotatable bonds is 3. The first kappa shape index (κ1) is 16.4. The minimum absolute atomic E-state index is 0.0658. The first-order valence-corrected chi connectivity index (χ1v) is 7.86. The van der Waals surface area contributed by atoms with Crippen molar-refractivity contribution in [3.8, 4) is 10.6 Å². The van der Waals surface area contributed by atoms with E-state index < -0.39 is 23.9 Å². The van der Waals surface area contributed by atoms with Crippen LogP contribution in [0.1, 0.15) is 30.0 Å². The van der Waals surface area contributed by atoms with Gasteiger partial charge >= 0.3 is 12.1 Å². The fourth-order valence-corrected chi connectivity index (χ4v) is 2.79. The summed E-state index contributed by atoms with van der Waals surface area (Å²) < 4.78 is 45.7. The number of hydrogen-bond acceptors (Lipinski definition) is 5. The van der Waals surface area contributed by atoms with Crippen molar-refractivity contribution in [2.75, 3.05) is 0 Å². The molecule has 0 aliphatic carbocycles. The summed E-state index contributed by atoms with van der Waals surface area (Å²) in [5.41, 5.74) is -1.11. The van der Waals surface area contributed by atoms with E-state index in [1.54, 1.807) is 31.4 Å². The molecular weight excluding hydrogens is 343 g/mol. The molecule has 3 heterocycles. The molecule has 0 radical (unpaired) electrons. The van der Waals surface area contributed by atoms with Crippen molar-refractivity contribution in [2.24, 2.45) is 0 Å². The van der Waals surface area contributed by atoms with Gasteiger partial charge in [0.1, 0.15) is 0 Å². The number of hydrogen-bond donors (Lipinski definition) is 0. The van der Waals surface area contributed by atoms with Crippen molar-refractivity contribution in [3.05, 3.63) is 41.0 Å². The molecule has 3 rings (SSSR count). The number of aromatic nitrogens is 3. The van der Waals surface area contributed by atoms with E-state index in [4.69, 9.17) is 4.74 Å². The molecule has 0 atom stereocenters. The third-order valence-corrected chi connectivity index (χ3v) is 3.94. The lowest BCUT2D eigenvalue weighted by Crippen LogP contribution is -2.15. The van der Waals surface area contributed by atoms with Gasteiger partial charge in [-0.3, -0.25) is 0 Å². The summed E-state index contributed by atoms with van der Waals surface area (Å²) in [7, 11) is 0. The molecule has 0 fully saturated rings. The van der Waals surface area contributed by atoms with E-state index in [1.807, 2.05) is 0 Å². The second kappa shape index (κ2) is 5.90. The fraction of sp³-hybridized carbons (Fsp3) is 0.267. The number of esters is 1. The zero-order chi connectivity index (χ0) is 17.5. The minimum atomic E-state index is -4.64. The standard InChI is InChI=1S/C15H12F3N3O2S/c1-8(2)23-14(22)10-7-13-19-9(11-4-3-5-24-11)6-12(15(16,17)18)21(13)20-10/h3-8H,1-2H3. The van der Waals surface area contributed by atoms with Crippen LogP contribution in [0.25, 0.3) is 16.2 Å². The highest BCUT2D eigenvalue weighted by atomic mass is 32.1. The molecule has 3 aromatic heterocycles. The van der Waals surface area contributed by atoms with Crippen LogP contribution in [-0.4, -0.2) is 26.7 Å². The second-order valence-electron chi connectivity index (χ2n) is 5.26. The lowest BCUT2D eigenvalue weighted by atomic mass is 10.2. The van der Waals surface area contributed by atoms with E-state index in [9.17, 15) is 18.0 Å². The van der Waals surface area contributed by atoms with Crippen molar-refractivity contribution >= 4 is 23.0 Å². The zero-order valence-corrected chi connectivity index (χ0v) is 13.5. The lowest BCUT2D eigenvalue weighted by Gasteiger charge is -2.10. The first-order chi connectivity index (χ1) is 11.3. The summed E-state index contributed by atoms with van der Waals surface area (Å²) in [5.74, 6) is -0.790. The molecule has 5 nitrogen and oxygen atoms in total. The Balaban J connectivity index is 2.18. The van der Waals surface area contributed by atoms with Crippen LogP contribution in [0.5, 0.6) is 0 Å². The molecule has 3 aromatic rings. The van der Waals surface area contributed by atoms with E-state index in [1.165, 1.54) is 17.4 Å². The van der Waals surface area contributed by atoms with Gasteiger partial charge in [0.15, 0.2) is 17.0 Å². The van der Waals surface area contributed by atoms with Gasteiger partial charge in [0.25, 0.3) is 0 Å². The van der Waals surface area contributed by atoms with Crippen molar-refractivity contribution in [1.29, 1.82) is 0 Å². The van der Waals surface area contributed by atoms with Crippen LogP contribution in [0, 0.1) is 0 Å². The molecule has 0 bridgehead atoms. The molecule has 9 heteroatoms. The number of carbonyl (C=O) groups excluding carboxylic acids is 1. The van der Waals surface area contributed by atoms with E-state index in [-0.39, 0.29) is 17.0 Å². The second-order valence-corrected chi connectivity index (χ2v) is 6.20. The molecule has 0 aliphatic heterocycles. The summed E-state index contributed by atoms with van der Waals surface area (Å²) >= 11 is 1.27. The molecule has 0 amide bonds. The van der Waals surface area contributed by atoms with Gasteiger partial charge in [0.2, 0.25) is 0 Å². The van der Waals surface area contributed by atoms with Crippen LogP contribution in [0.15, 0.2) is 29.6 Å². The summed E-state index contributed by atoms with van der Waals surface area (Å²) in [4.78, 5) is 16.7. The van der Waals surface area contributed by atoms with Gasteiger partial charge < -0.3 is 4.74 Å². The Labute approximate surface area is 138 Å². The molecule has 0 saturated carbocycles. The first-order valence-electron chi connectivity index (χ1n) is 6.98. The SMILES string of the molecule is CC(C)OC(=O)c1cc2nc(-c3cccs3)cc(C(F)(F)F)n2n1. The van der Waals surface area contributed by atoms with E-state index in [0.717, 1.165) is 6.07 Å². The third kappa shape index (κ3) is 3.12. The highest BCUT2D eigenvalue weighted by Crippen LogP contribution is 2.33. The molecule has 0 N–H and O–H groups in total. The van der Waals surface area contributed by atoms with E-state index in [2.05, 4.69) is 10.1 Å². The zero-order valence-electron chi connectivity index (χ0n) is 12.7. The Hall–Kier alpha value is -2.42. The number of fused-ring (bicyclic) bond motifs is 1. The molecule has 24 heavy (non-hydrogen) atoms. The normalized spacial score (nSPS) is 12.1. The number of carbonyl (C=O) groups is 1. The van der Waals surface area contributed by atoms with Gasteiger partial charge in [0.05, 0.1) is 16.7 Å². The minimum Gasteiger partial charge on any atom is -0.458 e. The number of ether oxygens (including phenoxy) is 1. The highest BCUT2D eigenvalue weighted by Gasteiger charge is 2.35. The predicted molar refractivity (Wildman–Crippen MR) is 81.9 cm³/mol. The maximum absolute atomic E-state index is 13.4. The highest BCUT2D eigenvalue weighted by molar-refractivity contribution is 7.13. The summed E-state index contributed by atoms with van der Waals surface area (Å²) in [6.45, 7) is 3.28. The molecule has 0 unspecified atom stereocenters. The van der Waals surface area contributed by atoms with Crippen LogP contribution in [0.4, 0.5) is 13.2 Å². The molecule has 0 aromatic carbocycles. The van der Waals surface area contributed by atoms with Crippen molar-refractivity contribution in [2.45, 2.75) is 26.1 Å². The molecule has 0 aliphatic rings. The monoisotopic (exact) mass is 355 g/mol.